The first-order valence-corrected chi connectivity index (χ1v) is 6.24. The van der Waals surface area contributed by atoms with Crippen LogP contribution >= 0.6 is 27.5 Å². The minimum atomic E-state index is 0.472. The minimum absolute atomic E-state index is 0.472. The van der Waals surface area contributed by atoms with E-state index in [1.165, 1.54) is 12.8 Å². The normalized spacial score (nSPS) is 20.5. The van der Waals surface area contributed by atoms with Gasteiger partial charge in [0.05, 0.1) is 5.02 Å². The molecule has 2 rings (SSSR count). The van der Waals surface area contributed by atoms with E-state index in [1.807, 2.05) is 18.2 Å². The zero-order valence-electron chi connectivity index (χ0n) is 8.30. The summed E-state index contributed by atoms with van der Waals surface area (Å²) in [6.07, 6.45) is 2.42. The van der Waals surface area contributed by atoms with E-state index in [0.29, 0.717) is 17.7 Å². The Bertz CT molecular complexity index is 339. The molecule has 1 saturated heterocycles. The minimum Gasteiger partial charge on any atom is -0.490 e. The standard InChI is InChI=1S/C11H13BrClNO/c12-8-3-4-10(13)11(6-8)15-7-9-2-1-5-14-9/h3-4,6,9,14H,1-2,5,7H2/t9-/m0/s1. The van der Waals surface area contributed by atoms with Crippen LogP contribution in [-0.4, -0.2) is 19.2 Å². The van der Waals surface area contributed by atoms with Crippen molar-refractivity contribution in [3.05, 3.63) is 27.7 Å². The fourth-order valence-electron chi connectivity index (χ4n) is 1.68. The number of rotatable bonds is 3. The number of halogens is 2. The molecule has 0 amide bonds. The van der Waals surface area contributed by atoms with Crippen molar-refractivity contribution in [2.24, 2.45) is 0 Å². The van der Waals surface area contributed by atoms with E-state index >= 15 is 0 Å². The summed E-state index contributed by atoms with van der Waals surface area (Å²) in [6, 6.07) is 6.11. The van der Waals surface area contributed by atoms with Crippen LogP contribution in [0.15, 0.2) is 22.7 Å². The number of nitrogens with one attached hydrogen (secondary N) is 1. The molecule has 1 aromatic rings. The third-order valence-corrected chi connectivity index (χ3v) is 3.30. The Balaban J connectivity index is 1.94. The Kier molecular flexibility index (Phi) is 3.89. The molecule has 82 valence electrons. The number of ether oxygens (including phenoxy) is 1. The molecule has 1 N–H and O–H groups in total. The Labute approximate surface area is 103 Å². The molecule has 0 aromatic heterocycles. The van der Waals surface area contributed by atoms with Crippen molar-refractivity contribution in [3.63, 3.8) is 0 Å². The number of hydrogen-bond donors (Lipinski definition) is 1. The molecule has 1 aliphatic heterocycles. The average Bonchev–Trinajstić information content (AvgIpc) is 2.72. The summed E-state index contributed by atoms with van der Waals surface area (Å²) in [5, 5.41) is 4.04. The quantitative estimate of drug-likeness (QED) is 0.923. The summed E-state index contributed by atoms with van der Waals surface area (Å²) in [4.78, 5) is 0. The first-order chi connectivity index (χ1) is 7.25. The fourth-order valence-corrected chi connectivity index (χ4v) is 2.19. The molecule has 0 unspecified atom stereocenters. The molecule has 4 heteroatoms. The largest absolute Gasteiger partial charge is 0.490 e. The van der Waals surface area contributed by atoms with Gasteiger partial charge in [0.1, 0.15) is 12.4 Å². The van der Waals surface area contributed by atoms with Crippen LogP contribution in [0, 0.1) is 0 Å². The van der Waals surface area contributed by atoms with E-state index in [1.54, 1.807) is 0 Å². The lowest BCUT2D eigenvalue weighted by molar-refractivity contribution is 0.277. The molecule has 1 aliphatic rings. The maximum atomic E-state index is 6.02. The van der Waals surface area contributed by atoms with Crippen LogP contribution in [0.5, 0.6) is 5.75 Å². The van der Waals surface area contributed by atoms with Gasteiger partial charge >= 0.3 is 0 Å². The van der Waals surface area contributed by atoms with E-state index in [4.69, 9.17) is 16.3 Å². The molecule has 1 fully saturated rings. The molecule has 0 bridgehead atoms. The van der Waals surface area contributed by atoms with Gasteiger partial charge in [-0.2, -0.15) is 0 Å². The third-order valence-electron chi connectivity index (χ3n) is 2.50. The van der Waals surface area contributed by atoms with E-state index in [0.717, 1.165) is 16.8 Å². The van der Waals surface area contributed by atoms with Crippen molar-refractivity contribution >= 4 is 27.5 Å². The highest BCUT2D eigenvalue weighted by Crippen LogP contribution is 2.28. The van der Waals surface area contributed by atoms with Crippen LogP contribution in [0.4, 0.5) is 0 Å². The van der Waals surface area contributed by atoms with Crippen molar-refractivity contribution in [2.45, 2.75) is 18.9 Å². The Morgan fingerprint density at radius 1 is 1.53 bits per heavy atom. The first-order valence-electron chi connectivity index (χ1n) is 5.07. The lowest BCUT2D eigenvalue weighted by Gasteiger charge is -2.13. The van der Waals surface area contributed by atoms with Gasteiger partial charge in [0.15, 0.2) is 0 Å². The molecule has 0 aliphatic carbocycles. The number of hydrogen-bond acceptors (Lipinski definition) is 2. The van der Waals surface area contributed by atoms with Gasteiger partial charge in [-0.15, -0.1) is 0 Å². The molecule has 1 heterocycles. The van der Waals surface area contributed by atoms with Crippen molar-refractivity contribution in [2.75, 3.05) is 13.2 Å². The summed E-state index contributed by atoms with van der Waals surface area (Å²) < 4.78 is 6.66. The maximum absolute atomic E-state index is 6.02. The van der Waals surface area contributed by atoms with Gasteiger partial charge in [-0.1, -0.05) is 27.5 Å². The van der Waals surface area contributed by atoms with E-state index < -0.39 is 0 Å². The van der Waals surface area contributed by atoms with Crippen LogP contribution in [0.3, 0.4) is 0 Å². The van der Waals surface area contributed by atoms with Crippen LogP contribution in [0.2, 0.25) is 5.02 Å². The molecule has 0 radical (unpaired) electrons. The molecule has 1 aromatic carbocycles. The van der Waals surface area contributed by atoms with Crippen LogP contribution in [0.25, 0.3) is 0 Å². The second kappa shape index (κ2) is 5.19. The van der Waals surface area contributed by atoms with Crippen molar-refractivity contribution in [3.8, 4) is 5.75 Å². The molecule has 15 heavy (non-hydrogen) atoms. The number of benzene rings is 1. The summed E-state index contributed by atoms with van der Waals surface area (Å²) >= 11 is 9.41. The molecular weight excluding hydrogens is 277 g/mol. The predicted octanol–water partition coefficient (Wildman–Crippen LogP) is 3.23. The topological polar surface area (TPSA) is 21.3 Å². The second-order valence-electron chi connectivity index (χ2n) is 3.68. The van der Waals surface area contributed by atoms with Gasteiger partial charge in [-0.3, -0.25) is 0 Å². The van der Waals surface area contributed by atoms with Gasteiger partial charge in [0, 0.05) is 10.5 Å². The highest BCUT2D eigenvalue weighted by molar-refractivity contribution is 9.10. The van der Waals surface area contributed by atoms with Gasteiger partial charge in [0.25, 0.3) is 0 Å². The van der Waals surface area contributed by atoms with Gasteiger partial charge in [-0.25, -0.2) is 0 Å². The van der Waals surface area contributed by atoms with E-state index in [2.05, 4.69) is 21.2 Å². The Hall–Kier alpha value is -0.250. The van der Waals surface area contributed by atoms with Crippen molar-refractivity contribution in [1.82, 2.24) is 5.32 Å². The third kappa shape index (κ3) is 3.10. The van der Waals surface area contributed by atoms with Crippen molar-refractivity contribution in [1.29, 1.82) is 0 Å². The highest BCUT2D eigenvalue weighted by Gasteiger charge is 2.15. The van der Waals surface area contributed by atoms with Gasteiger partial charge in [0.2, 0.25) is 0 Å². The van der Waals surface area contributed by atoms with E-state index in [-0.39, 0.29) is 0 Å². The van der Waals surface area contributed by atoms with Gasteiger partial charge < -0.3 is 10.1 Å². The smallest absolute Gasteiger partial charge is 0.139 e. The second-order valence-corrected chi connectivity index (χ2v) is 5.00. The Morgan fingerprint density at radius 3 is 3.13 bits per heavy atom. The average molecular weight is 291 g/mol. The maximum Gasteiger partial charge on any atom is 0.139 e. The fraction of sp³-hybridized carbons (Fsp3) is 0.455. The summed E-state index contributed by atoms with van der Waals surface area (Å²) in [5.74, 6) is 0.750. The lowest BCUT2D eigenvalue weighted by atomic mass is 10.2. The lowest BCUT2D eigenvalue weighted by Crippen LogP contribution is -2.28. The molecule has 0 spiro atoms. The van der Waals surface area contributed by atoms with E-state index in [9.17, 15) is 0 Å². The van der Waals surface area contributed by atoms with Crippen LogP contribution in [0.1, 0.15) is 12.8 Å². The zero-order valence-corrected chi connectivity index (χ0v) is 10.6. The van der Waals surface area contributed by atoms with Crippen LogP contribution < -0.4 is 10.1 Å². The predicted molar refractivity (Wildman–Crippen MR) is 65.7 cm³/mol. The zero-order chi connectivity index (χ0) is 10.7. The highest BCUT2D eigenvalue weighted by atomic mass is 79.9. The molecule has 1 atom stereocenters. The summed E-state index contributed by atoms with van der Waals surface area (Å²) in [6.45, 7) is 1.79. The van der Waals surface area contributed by atoms with Gasteiger partial charge in [-0.05, 0) is 37.6 Å². The van der Waals surface area contributed by atoms with Crippen molar-refractivity contribution < 1.29 is 4.74 Å². The Morgan fingerprint density at radius 2 is 2.40 bits per heavy atom. The first kappa shape index (κ1) is 11.2. The summed E-state index contributed by atoms with van der Waals surface area (Å²) in [7, 11) is 0. The van der Waals surface area contributed by atoms with Crippen LogP contribution in [-0.2, 0) is 0 Å². The summed E-state index contributed by atoms with van der Waals surface area (Å²) in [5.41, 5.74) is 0. The monoisotopic (exact) mass is 289 g/mol. The molecular formula is C11H13BrClNO. The molecule has 0 saturated carbocycles. The molecule has 2 nitrogen and oxygen atoms in total. The SMILES string of the molecule is Clc1ccc(Br)cc1OC[C@@H]1CCCN1.